The molecule has 0 amide bonds. The van der Waals surface area contributed by atoms with Gasteiger partial charge in [0.1, 0.15) is 0 Å². The Morgan fingerprint density at radius 3 is 1.23 bits per heavy atom. The van der Waals surface area contributed by atoms with Crippen LogP contribution in [0, 0.1) is 0 Å². The monoisotopic (exact) mass is 404 g/mol. The zero-order valence-corrected chi connectivity index (χ0v) is 17.0. The average molecular weight is 404 g/mol. The quantitative estimate of drug-likeness (QED) is 0.539. The summed E-state index contributed by atoms with van der Waals surface area (Å²) in [4.78, 5) is 22.9. The smallest absolute Gasteiger partial charge is 0.337 e. The molecule has 30 heavy (non-hydrogen) atoms. The van der Waals surface area contributed by atoms with Crippen molar-refractivity contribution in [1.29, 1.82) is 0 Å². The van der Waals surface area contributed by atoms with Crippen LogP contribution in [0.5, 0.6) is 0 Å². The highest BCUT2D eigenvalue weighted by molar-refractivity contribution is 5.90. The second-order valence-corrected chi connectivity index (χ2v) is 6.66. The highest BCUT2D eigenvalue weighted by Gasteiger charge is 2.05. The Balaban J connectivity index is 1.49. The van der Waals surface area contributed by atoms with Crippen LogP contribution in [0.1, 0.15) is 31.8 Å². The third-order valence-corrected chi connectivity index (χ3v) is 4.63. The van der Waals surface area contributed by atoms with Gasteiger partial charge in [0.15, 0.2) is 0 Å². The van der Waals surface area contributed by atoms with Gasteiger partial charge in [-0.3, -0.25) is 0 Å². The molecule has 0 aliphatic heterocycles. The van der Waals surface area contributed by atoms with Crippen molar-refractivity contribution >= 4 is 23.3 Å². The van der Waals surface area contributed by atoms with Crippen LogP contribution in [0.4, 0.5) is 11.4 Å². The van der Waals surface area contributed by atoms with E-state index in [0.29, 0.717) is 24.2 Å². The van der Waals surface area contributed by atoms with Crippen LogP contribution in [0.3, 0.4) is 0 Å². The molecule has 0 aromatic heterocycles. The molecule has 0 aliphatic rings. The first-order valence-corrected chi connectivity index (χ1v) is 9.51. The molecule has 0 atom stereocenters. The summed E-state index contributed by atoms with van der Waals surface area (Å²) < 4.78 is 9.40. The van der Waals surface area contributed by atoms with E-state index < -0.39 is 0 Å². The Morgan fingerprint density at radius 1 is 0.600 bits per heavy atom. The topological polar surface area (TPSA) is 76.7 Å². The lowest BCUT2D eigenvalue weighted by atomic mass is 10.1. The Kier molecular flexibility index (Phi) is 7.05. The minimum Gasteiger partial charge on any atom is -0.465 e. The lowest BCUT2D eigenvalue weighted by Crippen LogP contribution is -2.04. The van der Waals surface area contributed by atoms with Crippen LogP contribution in [0.15, 0.2) is 72.8 Å². The number of rotatable bonds is 8. The van der Waals surface area contributed by atoms with Crippen LogP contribution in [-0.2, 0) is 22.6 Å². The lowest BCUT2D eigenvalue weighted by Gasteiger charge is -2.10. The Morgan fingerprint density at radius 2 is 0.933 bits per heavy atom. The predicted octanol–water partition coefficient (Wildman–Crippen LogP) is 4.48. The van der Waals surface area contributed by atoms with Crippen molar-refractivity contribution in [1.82, 2.24) is 0 Å². The summed E-state index contributed by atoms with van der Waals surface area (Å²) in [6.45, 7) is 1.36. The fourth-order valence-electron chi connectivity index (χ4n) is 2.87. The Hall–Kier alpha value is -3.80. The van der Waals surface area contributed by atoms with E-state index in [2.05, 4.69) is 34.9 Å². The SMILES string of the molecule is COC(=O)c1ccc(NCc2ccc(CNc3ccc(C(=O)OC)cc3)cc2)cc1. The van der Waals surface area contributed by atoms with Gasteiger partial charge in [0.2, 0.25) is 0 Å². The zero-order valence-electron chi connectivity index (χ0n) is 17.0. The van der Waals surface area contributed by atoms with Crippen LogP contribution in [-0.4, -0.2) is 26.2 Å². The van der Waals surface area contributed by atoms with Crippen molar-refractivity contribution < 1.29 is 19.1 Å². The molecule has 0 saturated heterocycles. The van der Waals surface area contributed by atoms with Gasteiger partial charge in [0, 0.05) is 24.5 Å². The summed E-state index contributed by atoms with van der Waals surface area (Å²) in [5.74, 6) is -0.685. The molecule has 0 radical (unpaired) electrons. The maximum Gasteiger partial charge on any atom is 0.337 e. The van der Waals surface area contributed by atoms with Crippen LogP contribution < -0.4 is 10.6 Å². The minimum atomic E-state index is -0.342. The molecule has 3 aromatic rings. The molecule has 0 spiro atoms. The van der Waals surface area contributed by atoms with Gasteiger partial charge in [0.25, 0.3) is 0 Å². The van der Waals surface area contributed by atoms with E-state index in [0.717, 1.165) is 22.5 Å². The van der Waals surface area contributed by atoms with E-state index in [1.807, 2.05) is 24.3 Å². The molecule has 0 bridgehead atoms. The number of nitrogens with one attached hydrogen (secondary N) is 2. The third-order valence-electron chi connectivity index (χ3n) is 4.63. The van der Waals surface area contributed by atoms with Crippen LogP contribution in [0.25, 0.3) is 0 Å². The standard InChI is InChI=1S/C24H24N2O4/c1-29-23(27)19-7-11-21(12-8-19)25-15-17-3-5-18(6-4-17)16-26-22-13-9-20(10-14-22)24(28)30-2/h3-14,25-26H,15-16H2,1-2H3. The Bertz CT molecular complexity index is 899. The van der Waals surface area contributed by atoms with E-state index in [4.69, 9.17) is 9.47 Å². The van der Waals surface area contributed by atoms with Crippen molar-refractivity contribution in [3.63, 3.8) is 0 Å². The van der Waals surface area contributed by atoms with Crippen molar-refractivity contribution in [2.45, 2.75) is 13.1 Å². The van der Waals surface area contributed by atoms with E-state index in [-0.39, 0.29) is 11.9 Å². The molecule has 0 heterocycles. The molecule has 0 aliphatic carbocycles. The maximum absolute atomic E-state index is 11.5. The number of ether oxygens (including phenoxy) is 2. The molecule has 3 rings (SSSR count). The van der Waals surface area contributed by atoms with Gasteiger partial charge in [-0.1, -0.05) is 24.3 Å². The largest absolute Gasteiger partial charge is 0.465 e. The number of anilines is 2. The molecule has 0 fully saturated rings. The summed E-state index contributed by atoms with van der Waals surface area (Å²) in [5, 5.41) is 6.67. The predicted molar refractivity (Wildman–Crippen MR) is 117 cm³/mol. The molecule has 0 saturated carbocycles. The van der Waals surface area contributed by atoms with Gasteiger partial charge in [0.05, 0.1) is 25.3 Å². The molecule has 6 heteroatoms. The van der Waals surface area contributed by atoms with E-state index in [1.54, 1.807) is 24.3 Å². The van der Waals surface area contributed by atoms with Crippen molar-refractivity contribution in [2.75, 3.05) is 24.9 Å². The zero-order chi connectivity index (χ0) is 21.3. The highest BCUT2D eigenvalue weighted by atomic mass is 16.5. The lowest BCUT2D eigenvalue weighted by molar-refractivity contribution is 0.0592. The molecule has 154 valence electrons. The van der Waals surface area contributed by atoms with Crippen LogP contribution in [0.2, 0.25) is 0 Å². The van der Waals surface area contributed by atoms with Gasteiger partial charge < -0.3 is 20.1 Å². The van der Waals surface area contributed by atoms with Crippen molar-refractivity contribution in [3.8, 4) is 0 Å². The maximum atomic E-state index is 11.5. The van der Waals surface area contributed by atoms with Gasteiger partial charge in [-0.25, -0.2) is 9.59 Å². The average Bonchev–Trinajstić information content (AvgIpc) is 2.81. The number of hydrogen-bond acceptors (Lipinski definition) is 6. The summed E-state index contributed by atoms with van der Waals surface area (Å²) in [5.41, 5.74) is 5.23. The number of esters is 2. The first-order chi connectivity index (χ1) is 14.6. The minimum absolute atomic E-state index is 0.342. The fraction of sp³-hybridized carbons (Fsp3) is 0.167. The van der Waals surface area contributed by atoms with Crippen LogP contribution >= 0.6 is 0 Å². The first kappa shape index (κ1) is 20.9. The number of methoxy groups -OCH3 is 2. The summed E-state index contributed by atoms with van der Waals surface area (Å²) in [6.07, 6.45) is 0. The van der Waals surface area contributed by atoms with E-state index >= 15 is 0 Å². The third kappa shape index (κ3) is 5.61. The number of benzene rings is 3. The molecular weight excluding hydrogens is 380 g/mol. The molecule has 2 N–H and O–H groups in total. The molecule has 0 unspecified atom stereocenters. The highest BCUT2D eigenvalue weighted by Crippen LogP contribution is 2.15. The Labute approximate surface area is 175 Å². The molecule has 6 nitrogen and oxygen atoms in total. The number of carbonyl (C=O) groups is 2. The van der Waals surface area contributed by atoms with Gasteiger partial charge >= 0.3 is 11.9 Å². The summed E-state index contributed by atoms with van der Waals surface area (Å²) >= 11 is 0. The van der Waals surface area contributed by atoms with Gasteiger partial charge in [-0.2, -0.15) is 0 Å². The summed E-state index contributed by atoms with van der Waals surface area (Å²) in [6, 6.07) is 22.7. The van der Waals surface area contributed by atoms with E-state index in [1.165, 1.54) is 14.2 Å². The van der Waals surface area contributed by atoms with Gasteiger partial charge in [-0.15, -0.1) is 0 Å². The second kappa shape index (κ2) is 10.1. The first-order valence-electron chi connectivity index (χ1n) is 9.51. The normalized spacial score (nSPS) is 10.2. The van der Waals surface area contributed by atoms with E-state index in [9.17, 15) is 9.59 Å². The summed E-state index contributed by atoms with van der Waals surface area (Å²) in [7, 11) is 2.74. The second-order valence-electron chi connectivity index (χ2n) is 6.66. The fourth-order valence-corrected chi connectivity index (χ4v) is 2.87. The number of carbonyl (C=O) groups excluding carboxylic acids is 2. The van der Waals surface area contributed by atoms with Crippen molar-refractivity contribution in [3.05, 3.63) is 95.1 Å². The molecular formula is C24H24N2O4. The van der Waals surface area contributed by atoms with Crippen molar-refractivity contribution in [2.24, 2.45) is 0 Å². The number of hydrogen-bond donors (Lipinski definition) is 2. The van der Waals surface area contributed by atoms with Gasteiger partial charge in [-0.05, 0) is 59.7 Å². The molecule has 3 aromatic carbocycles.